The Hall–Kier alpha value is -2.39. The molecule has 1 aromatic carbocycles. The molecule has 0 aromatic heterocycles. The fourth-order valence-corrected chi connectivity index (χ4v) is 2.61. The first-order valence-corrected chi connectivity index (χ1v) is 7.48. The van der Waals surface area contributed by atoms with Crippen LogP contribution in [0.2, 0.25) is 0 Å². The molecule has 24 heavy (non-hydrogen) atoms. The van der Waals surface area contributed by atoms with E-state index in [1.54, 1.807) is 6.07 Å². The highest BCUT2D eigenvalue weighted by atomic mass is 79.9. The standard InChI is InChI=1S/C15H14BrNO7/c1-22-14(20)10-6-24-7-17(12(10)15(21)23-2)8-3-4-11(16)9(5-8)13(18)19/h3-5H,6-7H2,1-2H3,(H,18,19). The third-order valence-corrected chi connectivity index (χ3v) is 4.02. The van der Waals surface area contributed by atoms with E-state index in [1.807, 2.05) is 0 Å². The predicted octanol–water partition coefficient (Wildman–Crippen LogP) is 1.54. The number of hydrogen-bond acceptors (Lipinski definition) is 7. The van der Waals surface area contributed by atoms with E-state index in [0.29, 0.717) is 10.2 Å². The van der Waals surface area contributed by atoms with Crippen LogP contribution in [0.5, 0.6) is 0 Å². The van der Waals surface area contributed by atoms with E-state index in [-0.39, 0.29) is 30.2 Å². The lowest BCUT2D eigenvalue weighted by Gasteiger charge is -2.31. The van der Waals surface area contributed by atoms with E-state index in [9.17, 15) is 19.5 Å². The van der Waals surface area contributed by atoms with Gasteiger partial charge in [-0.15, -0.1) is 0 Å². The number of hydrogen-bond donors (Lipinski definition) is 1. The first-order chi connectivity index (χ1) is 11.4. The number of benzene rings is 1. The zero-order valence-corrected chi connectivity index (χ0v) is 14.5. The van der Waals surface area contributed by atoms with Crippen molar-refractivity contribution in [3.8, 4) is 0 Å². The number of carboxylic acid groups (broad SMARTS) is 1. The minimum atomic E-state index is -1.14. The lowest BCUT2D eigenvalue weighted by Crippen LogP contribution is -2.38. The second-order valence-corrected chi connectivity index (χ2v) is 5.54. The average molecular weight is 400 g/mol. The molecule has 1 aromatic rings. The van der Waals surface area contributed by atoms with E-state index < -0.39 is 17.9 Å². The molecule has 1 aliphatic heterocycles. The van der Waals surface area contributed by atoms with Crippen molar-refractivity contribution in [2.45, 2.75) is 0 Å². The molecule has 0 amide bonds. The maximum atomic E-state index is 12.2. The van der Waals surface area contributed by atoms with Gasteiger partial charge in [-0.2, -0.15) is 0 Å². The monoisotopic (exact) mass is 399 g/mol. The predicted molar refractivity (Wildman–Crippen MR) is 85.5 cm³/mol. The Bertz CT molecular complexity index is 729. The molecule has 1 aliphatic rings. The summed E-state index contributed by atoms with van der Waals surface area (Å²) in [4.78, 5) is 36.7. The SMILES string of the molecule is COC(=O)C1=C(C(=O)OC)N(c2ccc(Br)c(C(=O)O)c2)COC1. The van der Waals surface area contributed by atoms with Gasteiger partial charge >= 0.3 is 17.9 Å². The number of halogens is 1. The molecule has 128 valence electrons. The van der Waals surface area contributed by atoms with Crippen molar-refractivity contribution in [3.63, 3.8) is 0 Å². The molecule has 8 nitrogen and oxygen atoms in total. The smallest absolute Gasteiger partial charge is 0.355 e. The number of methoxy groups -OCH3 is 2. The molecule has 9 heteroatoms. The topological polar surface area (TPSA) is 102 Å². The number of carbonyl (C=O) groups excluding carboxylic acids is 2. The molecule has 0 fully saturated rings. The quantitative estimate of drug-likeness (QED) is 0.760. The number of carboxylic acids is 1. The lowest BCUT2D eigenvalue weighted by molar-refractivity contribution is -0.140. The van der Waals surface area contributed by atoms with Crippen LogP contribution in [0.15, 0.2) is 33.9 Å². The molecule has 0 radical (unpaired) electrons. The molecule has 1 heterocycles. The molecule has 0 bridgehead atoms. The lowest BCUT2D eigenvalue weighted by atomic mass is 10.1. The van der Waals surface area contributed by atoms with Crippen LogP contribution in [-0.4, -0.2) is 50.6 Å². The van der Waals surface area contributed by atoms with Crippen LogP contribution >= 0.6 is 15.9 Å². The highest BCUT2D eigenvalue weighted by Gasteiger charge is 2.32. The van der Waals surface area contributed by atoms with E-state index in [0.717, 1.165) is 0 Å². The van der Waals surface area contributed by atoms with Crippen molar-refractivity contribution in [2.75, 3.05) is 32.5 Å². The minimum Gasteiger partial charge on any atom is -0.478 e. The number of ether oxygens (including phenoxy) is 3. The second-order valence-electron chi connectivity index (χ2n) is 4.69. The number of anilines is 1. The largest absolute Gasteiger partial charge is 0.478 e. The van der Waals surface area contributed by atoms with Gasteiger partial charge < -0.3 is 24.2 Å². The first kappa shape index (κ1) is 18.0. The van der Waals surface area contributed by atoms with Gasteiger partial charge in [-0.1, -0.05) is 0 Å². The number of esters is 2. The van der Waals surface area contributed by atoms with Gasteiger partial charge in [-0.3, -0.25) is 0 Å². The Balaban J connectivity index is 2.59. The Kier molecular flexibility index (Phi) is 5.58. The third kappa shape index (κ3) is 3.41. The summed E-state index contributed by atoms with van der Waals surface area (Å²) >= 11 is 3.15. The summed E-state index contributed by atoms with van der Waals surface area (Å²) in [5.74, 6) is -2.62. The molecule has 0 atom stereocenters. The normalized spacial score (nSPS) is 14.4. The summed E-state index contributed by atoms with van der Waals surface area (Å²) in [6.45, 7) is -0.165. The number of carbonyl (C=O) groups is 3. The third-order valence-electron chi connectivity index (χ3n) is 3.33. The number of aromatic carboxylic acids is 1. The summed E-state index contributed by atoms with van der Waals surface area (Å²) in [7, 11) is 2.37. The molecule has 0 saturated heterocycles. The maximum Gasteiger partial charge on any atom is 0.355 e. The van der Waals surface area contributed by atoms with Crippen LogP contribution in [0.4, 0.5) is 5.69 Å². The Morgan fingerprint density at radius 3 is 2.46 bits per heavy atom. The van der Waals surface area contributed by atoms with Gasteiger partial charge in [0.25, 0.3) is 0 Å². The van der Waals surface area contributed by atoms with Crippen LogP contribution in [0.25, 0.3) is 0 Å². The summed E-state index contributed by atoms with van der Waals surface area (Å²) in [5.41, 5.74) is 0.309. The van der Waals surface area contributed by atoms with E-state index in [2.05, 4.69) is 20.7 Å². The summed E-state index contributed by atoms with van der Waals surface area (Å²) in [6, 6.07) is 4.47. The van der Waals surface area contributed by atoms with Crippen molar-refractivity contribution in [3.05, 3.63) is 39.5 Å². The Morgan fingerprint density at radius 2 is 1.88 bits per heavy atom. The van der Waals surface area contributed by atoms with Crippen LogP contribution in [-0.2, 0) is 23.8 Å². The second kappa shape index (κ2) is 7.45. The van der Waals surface area contributed by atoms with Gasteiger partial charge in [0.05, 0.1) is 32.0 Å². The summed E-state index contributed by atoms with van der Waals surface area (Å²) in [5, 5.41) is 9.23. The van der Waals surface area contributed by atoms with Crippen LogP contribution in [0, 0.1) is 0 Å². The molecular weight excluding hydrogens is 386 g/mol. The molecule has 2 rings (SSSR count). The average Bonchev–Trinajstić information content (AvgIpc) is 2.59. The van der Waals surface area contributed by atoms with E-state index in [4.69, 9.17) is 9.47 Å². The molecule has 1 N–H and O–H groups in total. The van der Waals surface area contributed by atoms with Gasteiger partial charge in [0.2, 0.25) is 0 Å². The fourth-order valence-electron chi connectivity index (χ4n) is 2.19. The van der Waals surface area contributed by atoms with E-state index >= 15 is 0 Å². The van der Waals surface area contributed by atoms with Crippen LogP contribution in [0.3, 0.4) is 0 Å². The van der Waals surface area contributed by atoms with Gasteiger partial charge in [-0.25, -0.2) is 14.4 Å². The van der Waals surface area contributed by atoms with Gasteiger partial charge in [0.1, 0.15) is 12.4 Å². The van der Waals surface area contributed by atoms with Gasteiger partial charge in [-0.05, 0) is 34.1 Å². The molecule has 0 aliphatic carbocycles. The first-order valence-electron chi connectivity index (χ1n) is 6.68. The highest BCUT2D eigenvalue weighted by Crippen LogP contribution is 2.30. The Labute approximate surface area is 145 Å². The maximum absolute atomic E-state index is 12.2. The summed E-state index contributed by atoms with van der Waals surface area (Å²) < 4.78 is 15.1. The van der Waals surface area contributed by atoms with Crippen molar-refractivity contribution in [1.29, 1.82) is 0 Å². The van der Waals surface area contributed by atoms with Crippen molar-refractivity contribution >= 4 is 39.5 Å². The van der Waals surface area contributed by atoms with Crippen LogP contribution < -0.4 is 4.90 Å². The Morgan fingerprint density at radius 1 is 1.21 bits per heavy atom. The fraction of sp³-hybridized carbons (Fsp3) is 0.267. The minimum absolute atomic E-state index is 0.00177. The molecule has 0 saturated carbocycles. The van der Waals surface area contributed by atoms with Crippen molar-refractivity contribution in [2.24, 2.45) is 0 Å². The number of nitrogens with zero attached hydrogens (tertiary/aromatic N) is 1. The zero-order chi connectivity index (χ0) is 17.9. The molecule has 0 unspecified atom stereocenters. The van der Waals surface area contributed by atoms with Crippen molar-refractivity contribution in [1.82, 2.24) is 0 Å². The van der Waals surface area contributed by atoms with Crippen LogP contribution in [0.1, 0.15) is 10.4 Å². The zero-order valence-electron chi connectivity index (χ0n) is 12.9. The van der Waals surface area contributed by atoms with E-state index in [1.165, 1.54) is 31.3 Å². The van der Waals surface area contributed by atoms with Crippen molar-refractivity contribution < 1.29 is 33.7 Å². The van der Waals surface area contributed by atoms with Gasteiger partial charge in [0.15, 0.2) is 0 Å². The number of rotatable bonds is 4. The summed E-state index contributed by atoms with van der Waals surface area (Å²) in [6.07, 6.45) is 0. The molecular formula is C15H14BrNO7. The van der Waals surface area contributed by atoms with Gasteiger partial charge in [0, 0.05) is 10.2 Å². The highest BCUT2D eigenvalue weighted by molar-refractivity contribution is 9.10. The molecule has 0 spiro atoms.